The number of benzene rings is 1. The van der Waals surface area contributed by atoms with Gasteiger partial charge in [-0.3, -0.25) is 4.79 Å². The lowest BCUT2D eigenvalue weighted by Crippen LogP contribution is -2.44. The van der Waals surface area contributed by atoms with E-state index in [-0.39, 0.29) is 5.91 Å². The number of likely N-dealkylation sites (N-methyl/N-ethyl adjacent to an activating group) is 1. The molecule has 0 spiro atoms. The molecule has 1 aromatic rings. The summed E-state index contributed by atoms with van der Waals surface area (Å²) in [5.41, 5.74) is 0.742. The molecule has 2 rings (SSSR count). The van der Waals surface area contributed by atoms with Crippen LogP contribution in [0.3, 0.4) is 0 Å². The van der Waals surface area contributed by atoms with Gasteiger partial charge in [-0.1, -0.05) is 18.2 Å². The quantitative estimate of drug-likeness (QED) is 0.798. The fourth-order valence-electron chi connectivity index (χ4n) is 2.43. The zero-order valence-electron chi connectivity index (χ0n) is 12.3. The molecular formula is C16H25N3O. The van der Waals surface area contributed by atoms with Gasteiger partial charge in [0.1, 0.15) is 0 Å². The molecular weight excluding hydrogens is 250 g/mol. The maximum absolute atomic E-state index is 11.8. The van der Waals surface area contributed by atoms with Crippen molar-refractivity contribution in [3.8, 4) is 0 Å². The largest absolute Gasteiger partial charge is 0.352 e. The van der Waals surface area contributed by atoms with Gasteiger partial charge in [0.05, 0.1) is 0 Å². The van der Waals surface area contributed by atoms with Gasteiger partial charge in [-0.05, 0) is 38.6 Å². The fourth-order valence-corrected chi connectivity index (χ4v) is 2.43. The monoisotopic (exact) mass is 275 g/mol. The summed E-state index contributed by atoms with van der Waals surface area (Å²) >= 11 is 0. The number of piperazine rings is 1. The molecule has 4 nitrogen and oxygen atoms in total. The van der Waals surface area contributed by atoms with E-state index in [1.165, 1.54) is 26.2 Å². The van der Waals surface area contributed by atoms with Crippen molar-refractivity contribution in [2.24, 2.45) is 0 Å². The van der Waals surface area contributed by atoms with Gasteiger partial charge in [0.2, 0.25) is 0 Å². The Bertz CT molecular complexity index is 399. The van der Waals surface area contributed by atoms with Gasteiger partial charge < -0.3 is 15.1 Å². The second-order valence-corrected chi connectivity index (χ2v) is 5.47. The lowest BCUT2D eigenvalue weighted by atomic mass is 10.2. The van der Waals surface area contributed by atoms with Crippen molar-refractivity contribution in [2.45, 2.75) is 12.8 Å². The Balaban J connectivity index is 1.55. The Morgan fingerprint density at radius 2 is 1.80 bits per heavy atom. The van der Waals surface area contributed by atoms with Gasteiger partial charge >= 0.3 is 0 Å². The number of hydrogen-bond acceptors (Lipinski definition) is 3. The standard InChI is InChI=1S/C16H25N3O/c1-18-11-13-19(14-12-18)10-6-5-9-17-16(20)15-7-3-2-4-8-15/h2-4,7-8H,5-6,9-14H2,1H3,(H,17,20). The number of carbonyl (C=O) groups is 1. The number of nitrogens with zero attached hydrogens (tertiary/aromatic N) is 2. The van der Waals surface area contributed by atoms with Crippen LogP contribution in [-0.2, 0) is 0 Å². The maximum atomic E-state index is 11.8. The summed E-state index contributed by atoms with van der Waals surface area (Å²) in [7, 11) is 2.18. The Kier molecular flexibility index (Phi) is 6.02. The van der Waals surface area contributed by atoms with Crippen LogP contribution in [0.1, 0.15) is 23.2 Å². The zero-order chi connectivity index (χ0) is 14.2. The van der Waals surface area contributed by atoms with Crippen LogP contribution < -0.4 is 5.32 Å². The molecule has 1 amide bonds. The van der Waals surface area contributed by atoms with Gasteiger partial charge in [-0.15, -0.1) is 0 Å². The third kappa shape index (κ3) is 4.94. The second kappa shape index (κ2) is 8.02. The van der Waals surface area contributed by atoms with E-state index in [1.54, 1.807) is 0 Å². The van der Waals surface area contributed by atoms with Crippen LogP contribution >= 0.6 is 0 Å². The van der Waals surface area contributed by atoms with Crippen molar-refractivity contribution in [3.63, 3.8) is 0 Å². The molecule has 0 unspecified atom stereocenters. The summed E-state index contributed by atoms with van der Waals surface area (Å²) < 4.78 is 0. The van der Waals surface area contributed by atoms with E-state index in [1.807, 2.05) is 30.3 Å². The van der Waals surface area contributed by atoms with Crippen molar-refractivity contribution in [1.82, 2.24) is 15.1 Å². The molecule has 1 aromatic carbocycles. The summed E-state index contributed by atoms with van der Waals surface area (Å²) in [6.45, 7) is 6.60. The van der Waals surface area contributed by atoms with E-state index in [0.29, 0.717) is 0 Å². The van der Waals surface area contributed by atoms with Crippen LogP contribution in [0, 0.1) is 0 Å². The molecule has 0 bridgehead atoms. The van der Waals surface area contributed by atoms with Gasteiger partial charge in [-0.25, -0.2) is 0 Å². The number of hydrogen-bond donors (Lipinski definition) is 1. The van der Waals surface area contributed by atoms with Crippen LogP contribution in [0.2, 0.25) is 0 Å². The topological polar surface area (TPSA) is 35.6 Å². The average Bonchev–Trinajstić information content (AvgIpc) is 2.49. The number of rotatable bonds is 6. The molecule has 20 heavy (non-hydrogen) atoms. The molecule has 1 N–H and O–H groups in total. The predicted molar refractivity (Wildman–Crippen MR) is 81.9 cm³/mol. The van der Waals surface area contributed by atoms with Gasteiger partial charge in [0.15, 0.2) is 0 Å². The molecule has 1 aliphatic heterocycles. The van der Waals surface area contributed by atoms with Gasteiger partial charge in [0.25, 0.3) is 5.91 Å². The van der Waals surface area contributed by atoms with E-state index < -0.39 is 0 Å². The molecule has 1 fully saturated rings. The SMILES string of the molecule is CN1CCN(CCCCNC(=O)c2ccccc2)CC1. The zero-order valence-corrected chi connectivity index (χ0v) is 12.3. The lowest BCUT2D eigenvalue weighted by molar-refractivity contribution is 0.0952. The molecule has 0 atom stereocenters. The Hall–Kier alpha value is -1.39. The number of unbranched alkanes of at least 4 members (excludes halogenated alkanes) is 1. The Morgan fingerprint density at radius 3 is 2.50 bits per heavy atom. The molecule has 4 heteroatoms. The number of nitrogens with one attached hydrogen (secondary N) is 1. The molecule has 0 radical (unpaired) electrons. The van der Waals surface area contributed by atoms with E-state index in [0.717, 1.165) is 31.5 Å². The maximum Gasteiger partial charge on any atom is 0.251 e. The van der Waals surface area contributed by atoms with Crippen molar-refractivity contribution < 1.29 is 4.79 Å². The van der Waals surface area contributed by atoms with Crippen molar-refractivity contribution in [1.29, 1.82) is 0 Å². The molecule has 110 valence electrons. The number of carbonyl (C=O) groups excluding carboxylic acids is 1. The summed E-state index contributed by atoms with van der Waals surface area (Å²) in [6, 6.07) is 9.40. The van der Waals surface area contributed by atoms with E-state index in [4.69, 9.17) is 0 Å². The van der Waals surface area contributed by atoms with E-state index >= 15 is 0 Å². The van der Waals surface area contributed by atoms with Crippen molar-refractivity contribution in [2.75, 3.05) is 46.3 Å². The molecule has 0 saturated carbocycles. The fraction of sp³-hybridized carbons (Fsp3) is 0.562. The predicted octanol–water partition coefficient (Wildman–Crippen LogP) is 1.44. The smallest absolute Gasteiger partial charge is 0.251 e. The van der Waals surface area contributed by atoms with Crippen LogP contribution in [0.15, 0.2) is 30.3 Å². The third-order valence-electron chi connectivity index (χ3n) is 3.82. The lowest BCUT2D eigenvalue weighted by Gasteiger charge is -2.32. The van der Waals surface area contributed by atoms with Crippen LogP contribution in [-0.4, -0.2) is 62.0 Å². The van der Waals surface area contributed by atoms with Crippen molar-refractivity contribution >= 4 is 5.91 Å². The first-order chi connectivity index (χ1) is 9.75. The number of amides is 1. The summed E-state index contributed by atoms with van der Waals surface area (Å²) in [6.07, 6.45) is 2.20. The minimum atomic E-state index is 0.0326. The van der Waals surface area contributed by atoms with Gasteiger partial charge in [0, 0.05) is 38.3 Å². The first kappa shape index (κ1) is 15.0. The van der Waals surface area contributed by atoms with Crippen LogP contribution in [0.5, 0.6) is 0 Å². The average molecular weight is 275 g/mol. The van der Waals surface area contributed by atoms with Crippen LogP contribution in [0.4, 0.5) is 0 Å². The normalized spacial score (nSPS) is 17.1. The minimum absolute atomic E-state index is 0.0326. The summed E-state index contributed by atoms with van der Waals surface area (Å²) in [5, 5.41) is 2.98. The molecule has 1 aliphatic rings. The molecule has 0 aromatic heterocycles. The molecule has 1 heterocycles. The van der Waals surface area contributed by atoms with Crippen LogP contribution in [0.25, 0.3) is 0 Å². The highest BCUT2D eigenvalue weighted by molar-refractivity contribution is 5.94. The van der Waals surface area contributed by atoms with Crippen molar-refractivity contribution in [3.05, 3.63) is 35.9 Å². The highest BCUT2D eigenvalue weighted by atomic mass is 16.1. The molecule has 1 saturated heterocycles. The minimum Gasteiger partial charge on any atom is -0.352 e. The van der Waals surface area contributed by atoms with E-state index in [2.05, 4.69) is 22.2 Å². The second-order valence-electron chi connectivity index (χ2n) is 5.47. The van der Waals surface area contributed by atoms with Gasteiger partial charge in [-0.2, -0.15) is 0 Å². The Labute approximate surface area is 121 Å². The highest BCUT2D eigenvalue weighted by Crippen LogP contribution is 2.02. The third-order valence-corrected chi connectivity index (χ3v) is 3.82. The molecule has 0 aliphatic carbocycles. The summed E-state index contributed by atoms with van der Waals surface area (Å²) in [5.74, 6) is 0.0326. The summed E-state index contributed by atoms with van der Waals surface area (Å²) in [4.78, 5) is 16.7. The first-order valence-corrected chi connectivity index (χ1v) is 7.50. The van der Waals surface area contributed by atoms with E-state index in [9.17, 15) is 4.79 Å². The Morgan fingerprint density at radius 1 is 1.10 bits per heavy atom. The highest BCUT2D eigenvalue weighted by Gasteiger charge is 2.12. The first-order valence-electron chi connectivity index (χ1n) is 7.50.